The number of carbonyl (C=O) groups excluding carboxylic acids is 2. The van der Waals surface area contributed by atoms with E-state index < -0.39 is 5.91 Å². The number of primary amides is 1. The molecule has 26 heavy (non-hydrogen) atoms. The Bertz CT molecular complexity index is 813. The van der Waals surface area contributed by atoms with Gasteiger partial charge in [-0.2, -0.15) is 0 Å². The molecule has 0 fully saturated rings. The molecule has 0 aliphatic heterocycles. The summed E-state index contributed by atoms with van der Waals surface area (Å²) in [4.78, 5) is 32.0. The molecule has 0 atom stereocenters. The van der Waals surface area contributed by atoms with E-state index >= 15 is 0 Å². The number of rotatable bonds is 7. The number of nitrogens with two attached hydrogens (primary N) is 1. The molecule has 0 aliphatic rings. The minimum Gasteiger partial charge on any atom is -0.369 e. The highest BCUT2D eigenvalue weighted by Crippen LogP contribution is 2.20. The molecule has 0 bridgehead atoms. The first kappa shape index (κ1) is 19.9. The molecular formula is C19H24N4O2S. The standard InChI is InChI=1S/C19H24N4O2S/c1-11-5-7-16(12(2)9-11)23-18(25)8-6-15-13(3)21-19(22-14(15)4)26-10-17(20)24/h5,7,9H,6,8,10H2,1-4H3,(H2,20,24)(H,23,25). The van der Waals surface area contributed by atoms with E-state index in [2.05, 4.69) is 15.3 Å². The minimum atomic E-state index is -0.402. The summed E-state index contributed by atoms with van der Waals surface area (Å²) in [5.74, 6) is -0.291. The van der Waals surface area contributed by atoms with Gasteiger partial charge in [-0.05, 0) is 51.3 Å². The lowest BCUT2D eigenvalue weighted by atomic mass is 10.1. The molecule has 0 saturated carbocycles. The summed E-state index contributed by atoms with van der Waals surface area (Å²) in [5.41, 5.74) is 10.8. The Balaban J connectivity index is 2.00. The van der Waals surface area contributed by atoms with E-state index in [1.165, 1.54) is 11.8 Å². The molecule has 7 heteroatoms. The molecule has 3 N–H and O–H groups in total. The van der Waals surface area contributed by atoms with Gasteiger partial charge < -0.3 is 11.1 Å². The third-order valence-electron chi connectivity index (χ3n) is 4.00. The maximum Gasteiger partial charge on any atom is 0.227 e. The number of hydrogen-bond acceptors (Lipinski definition) is 5. The molecule has 1 aromatic heterocycles. The number of anilines is 1. The summed E-state index contributed by atoms with van der Waals surface area (Å²) in [6, 6.07) is 5.94. The van der Waals surface area contributed by atoms with Crippen molar-refractivity contribution in [1.29, 1.82) is 0 Å². The molecule has 0 radical (unpaired) electrons. The Morgan fingerprint density at radius 1 is 1.12 bits per heavy atom. The zero-order valence-corrected chi connectivity index (χ0v) is 16.4. The van der Waals surface area contributed by atoms with Crippen molar-refractivity contribution in [3.8, 4) is 0 Å². The molecular weight excluding hydrogens is 348 g/mol. The van der Waals surface area contributed by atoms with Gasteiger partial charge in [0.1, 0.15) is 0 Å². The number of amides is 2. The molecule has 2 aromatic rings. The number of aromatic nitrogens is 2. The number of carbonyl (C=O) groups is 2. The van der Waals surface area contributed by atoms with Gasteiger partial charge in [0.2, 0.25) is 11.8 Å². The Morgan fingerprint density at radius 2 is 1.77 bits per heavy atom. The first-order valence-corrected chi connectivity index (χ1v) is 9.37. The van der Waals surface area contributed by atoms with Crippen molar-refractivity contribution in [2.45, 2.75) is 45.7 Å². The van der Waals surface area contributed by atoms with Gasteiger partial charge in [-0.15, -0.1) is 0 Å². The van der Waals surface area contributed by atoms with E-state index in [4.69, 9.17) is 5.73 Å². The zero-order valence-electron chi connectivity index (χ0n) is 15.5. The van der Waals surface area contributed by atoms with Crippen LogP contribution in [0.2, 0.25) is 0 Å². The second-order valence-corrected chi connectivity index (χ2v) is 7.22. The van der Waals surface area contributed by atoms with E-state index in [0.717, 1.165) is 33.8 Å². The summed E-state index contributed by atoms with van der Waals surface area (Å²) < 4.78 is 0. The summed E-state index contributed by atoms with van der Waals surface area (Å²) >= 11 is 1.22. The van der Waals surface area contributed by atoms with Crippen molar-refractivity contribution >= 4 is 29.3 Å². The van der Waals surface area contributed by atoms with E-state index in [1.807, 2.05) is 45.9 Å². The highest BCUT2D eigenvalue weighted by Gasteiger charge is 2.12. The molecule has 0 saturated heterocycles. The smallest absolute Gasteiger partial charge is 0.227 e. The van der Waals surface area contributed by atoms with Crippen LogP contribution in [0.4, 0.5) is 5.69 Å². The van der Waals surface area contributed by atoms with Crippen molar-refractivity contribution in [3.05, 3.63) is 46.3 Å². The number of hydrogen-bond donors (Lipinski definition) is 2. The zero-order chi connectivity index (χ0) is 19.3. The minimum absolute atomic E-state index is 0.0390. The van der Waals surface area contributed by atoms with Crippen molar-refractivity contribution < 1.29 is 9.59 Å². The summed E-state index contributed by atoms with van der Waals surface area (Å²) in [5, 5.41) is 3.49. The molecule has 1 aromatic carbocycles. The molecule has 2 rings (SSSR count). The maximum atomic E-state index is 12.3. The maximum absolute atomic E-state index is 12.3. The lowest BCUT2D eigenvalue weighted by Gasteiger charge is -2.12. The summed E-state index contributed by atoms with van der Waals surface area (Å²) in [6.45, 7) is 7.78. The third-order valence-corrected chi connectivity index (χ3v) is 4.87. The topological polar surface area (TPSA) is 98.0 Å². The SMILES string of the molecule is Cc1ccc(NC(=O)CCc2c(C)nc(SCC(N)=O)nc2C)c(C)c1. The van der Waals surface area contributed by atoms with Crippen LogP contribution in [0.3, 0.4) is 0 Å². The number of nitrogens with zero attached hydrogens (tertiary/aromatic N) is 2. The average Bonchev–Trinajstić information content (AvgIpc) is 2.54. The monoisotopic (exact) mass is 372 g/mol. The van der Waals surface area contributed by atoms with Crippen LogP contribution in [-0.4, -0.2) is 27.5 Å². The van der Waals surface area contributed by atoms with Crippen molar-refractivity contribution in [3.63, 3.8) is 0 Å². The molecule has 0 spiro atoms. The predicted molar refractivity (Wildman–Crippen MR) is 104 cm³/mol. The molecule has 6 nitrogen and oxygen atoms in total. The summed E-state index contributed by atoms with van der Waals surface area (Å²) in [6.07, 6.45) is 0.918. The van der Waals surface area contributed by atoms with E-state index in [1.54, 1.807) is 0 Å². The number of thioether (sulfide) groups is 1. The Morgan fingerprint density at radius 3 is 2.35 bits per heavy atom. The van der Waals surface area contributed by atoms with Crippen molar-refractivity contribution in [1.82, 2.24) is 9.97 Å². The van der Waals surface area contributed by atoms with Crippen LogP contribution in [-0.2, 0) is 16.0 Å². The molecule has 1 heterocycles. The van der Waals surface area contributed by atoms with Gasteiger partial charge in [0.25, 0.3) is 0 Å². The first-order valence-electron chi connectivity index (χ1n) is 8.38. The fourth-order valence-corrected chi connectivity index (χ4v) is 3.35. The second kappa shape index (κ2) is 8.80. The number of benzene rings is 1. The van der Waals surface area contributed by atoms with E-state index in [-0.39, 0.29) is 11.7 Å². The van der Waals surface area contributed by atoms with E-state index in [0.29, 0.717) is 18.0 Å². The van der Waals surface area contributed by atoms with Crippen molar-refractivity contribution in [2.24, 2.45) is 5.73 Å². The Hall–Kier alpha value is -2.41. The van der Waals surface area contributed by atoms with Gasteiger partial charge in [-0.3, -0.25) is 9.59 Å². The lowest BCUT2D eigenvalue weighted by molar-refractivity contribution is -0.116. The van der Waals surface area contributed by atoms with E-state index in [9.17, 15) is 9.59 Å². The molecule has 138 valence electrons. The normalized spacial score (nSPS) is 10.6. The Kier molecular flexibility index (Phi) is 6.74. The van der Waals surface area contributed by atoms with Gasteiger partial charge in [0.15, 0.2) is 5.16 Å². The van der Waals surface area contributed by atoms with Crippen LogP contribution in [0, 0.1) is 27.7 Å². The van der Waals surface area contributed by atoms with Crippen LogP contribution >= 0.6 is 11.8 Å². The second-order valence-electron chi connectivity index (χ2n) is 6.28. The molecule has 2 amide bonds. The Labute approximate surface area is 158 Å². The van der Waals surface area contributed by atoms with Gasteiger partial charge >= 0.3 is 0 Å². The fraction of sp³-hybridized carbons (Fsp3) is 0.368. The van der Waals surface area contributed by atoms with Crippen LogP contribution in [0.5, 0.6) is 0 Å². The van der Waals surface area contributed by atoms with Gasteiger partial charge in [-0.1, -0.05) is 29.5 Å². The highest BCUT2D eigenvalue weighted by molar-refractivity contribution is 7.99. The van der Waals surface area contributed by atoms with Gasteiger partial charge in [0.05, 0.1) is 5.75 Å². The number of nitrogens with one attached hydrogen (secondary N) is 1. The van der Waals surface area contributed by atoms with Crippen LogP contribution < -0.4 is 11.1 Å². The van der Waals surface area contributed by atoms with Gasteiger partial charge in [-0.25, -0.2) is 9.97 Å². The quantitative estimate of drug-likeness (QED) is 0.575. The third kappa shape index (κ3) is 5.56. The lowest BCUT2D eigenvalue weighted by Crippen LogP contribution is -2.15. The summed E-state index contributed by atoms with van der Waals surface area (Å²) in [7, 11) is 0. The highest BCUT2D eigenvalue weighted by atomic mass is 32.2. The molecule has 0 aliphatic carbocycles. The first-order chi connectivity index (χ1) is 12.3. The van der Waals surface area contributed by atoms with Crippen LogP contribution in [0.15, 0.2) is 23.4 Å². The fourth-order valence-electron chi connectivity index (χ4n) is 2.68. The molecule has 0 unspecified atom stereocenters. The number of aryl methyl sites for hydroxylation is 4. The average molecular weight is 372 g/mol. The largest absolute Gasteiger partial charge is 0.369 e. The van der Waals surface area contributed by atoms with Crippen LogP contribution in [0.1, 0.15) is 34.5 Å². The van der Waals surface area contributed by atoms with Gasteiger partial charge in [0, 0.05) is 23.5 Å². The van der Waals surface area contributed by atoms with Crippen molar-refractivity contribution in [2.75, 3.05) is 11.1 Å². The predicted octanol–water partition coefficient (Wildman–Crippen LogP) is 2.86. The van der Waals surface area contributed by atoms with Crippen LogP contribution in [0.25, 0.3) is 0 Å².